The van der Waals surface area contributed by atoms with Crippen LogP contribution in [0.2, 0.25) is 5.02 Å². The van der Waals surface area contributed by atoms with Crippen molar-refractivity contribution in [1.82, 2.24) is 10.2 Å². The third kappa shape index (κ3) is 4.40. The van der Waals surface area contributed by atoms with E-state index in [0.29, 0.717) is 29.2 Å². The van der Waals surface area contributed by atoms with Gasteiger partial charge < -0.3 is 10.4 Å². The summed E-state index contributed by atoms with van der Waals surface area (Å²) in [5, 5.41) is 12.7. The molecule has 0 amide bonds. The van der Waals surface area contributed by atoms with Gasteiger partial charge in [0.25, 0.3) is 0 Å². The van der Waals surface area contributed by atoms with Crippen LogP contribution in [0.4, 0.5) is 4.39 Å². The molecule has 1 aliphatic rings. The van der Waals surface area contributed by atoms with E-state index in [-0.39, 0.29) is 12.4 Å². The van der Waals surface area contributed by atoms with Gasteiger partial charge in [-0.25, -0.2) is 4.39 Å². The van der Waals surface area contributed by atoms with Crippen LogP contribution in [-0.2, 0) is 11.3 Å². The highest BCUT2D eigenvalue weighted by molar-refractivity contribution is 6.30. The maximum Gasteiger partial charge on any atom is 0.317 e. The van der Waals surface area contributed by atoms with Gasteiger partial charge in [-0.05, 0) is 37.6 Å². The lowest BCUT2D eigenvalue weighted by Crippen LogP contribution is -2.53. The Labute approximate surface area is 128 Å². The number of carboxylic acid groups (broad SMARTS) is 1. The van der Waals surface area contributed by atoms with Crippen molar-refractivity contribution in [2.45, 2.75) is 38.4 Å². The lowest BCUT2D eigenvalue weighted by atomic mass is 9.85. The Balaban J connectivity index is 1.77. The fourth-order valence-corrected chi connectivity index (χ4v) is 2.85. The van der Waals surface area contributed by atoms with Crippen LogP contribution in [0.5, 0.6) is 0 Å². The largest absolute Gasteiger partial charge is 0.480 e. The van der Waals surface area contributed by atoms with Crippen molar-refractivity contribution in [3.05, 3.63) is 34.6 Å². The molecule has 0 aromatic heterocycles. The van der Waals surface area contributed by atoms with E-state index in [2.05, 4.69) is 5.32 Å². The molecule has 116 valence electrons. The van der Waals surface area contributed by atoms with Gasteiger partial charge in [0, 0.05) is 29.2 Å². The lowest BCUT2D eigenvalue weighted by Gasteiger charge is -2.42. The van der Waals surface area contributed by atoms with Crippen molar-refractivity contribution in [1.29, 1.82) is 0 Å². The Morgan fingerprint density at radius 3 is 2.86 bits per heavy atom. The fourth-order valence-electron chi connectivity index (χ4n) is 2.66. The molecule has 2 rings (SSSR count). The van der Waals surface area contributed by atoms with E-state index in [9.17, 15) is 9.18 Å². The summed E-state index contributed by atoms with van der Waals surface area (Å²) in [6.45, 7) is 3.21. The molecule has 0 unspecified atom stereocenters. The predicted octanol–water partition coefficient (Wildman–Crippen LogP) is 2.51. The minimum absolute atomic E-state index is 0.0802. The predicted molar refractivity (Wildman–Crippen MR) is 79.9 cm³/mol. The molecule has 0 saturated heterocycles. The topological polar surface area (TPSA) is 52.6 Å². The highest BCUT2D eigenvalue weighted by atomic mass is 35.5. The second kappa shape index (κ2) is 7.20. The molecule has 4 nitrogen and oxygen atoms in total. The Bertz CT molecular complexity index is 506. The monoisotopic (exact) mass is 314 g/mol. The molecule has 0 aliphatic heterocycles. The molecule has 0 atom stereocenters. The number of likely N-dealkylation sites (N-methyl/N-ethyl adjacent to an activating group) is 1. The summed E-state index contributed by atoms with van der Waals surface area (Å²) < 4.78 is 13.6. The average molecular weight is 315 g/mol. The zero-order valence-electron chi connectivity index (χ0n) is 12.0. The minimum Gasteiger partial charge on any atom is -0.480 e. The van der Waals surface area contributed by atoms with Gasteiger partial charge in [-0.1, -0.05) is 18.5 Å². The number of benzene rings is 1. The molecule has 21 heavy (non-hydrogen) atoms. The van der Waals surface area contributed by atoms with Crippen LogP contribution >= 0.6 is 11.6 Å². The molecular weight excluding hydrogens is 295 g/mol. The molecular formula is C15H20ClFN2O2. The highest BCUT2D eigenvalue weighted by Crippen LogP contribution is 2.26. The van der Waals surface area contributed by atoms with Crippen LogP contribution in [-0.4, -0.2) is 41.1 Å². The lowest BCUT2D eigenvalue weighted by molar-refractivity contribution is -0.139. The summed E-state index contributed by atoms with van der Waals surface area (Å²) in [5.74, 6) is -1.06. The van der Waals surface area contributed by atoms with Gasteiger partial charge in [0.1, 0.15) is 5.82 Å². The maximum atomic E-state index is 13.6. The molecule has 0 radical (unpaired) electrons. The molecule has 1 saturated carbocycles. The number of hydrogen-bond donors (Lipinski definition) is 2. The Hall–Kier alpha value is -1.17. The Morgan fingerprint density at radius 1 is 1.52 bits per heavy atom. The first-order valence-corrected chi connectivity index (χ1v) is 7.50. The second-order valence-corrected chi connectivity index (χ2v) is 5.83. The molecule has 0 bridgehead atoms. The summed E-state index contributed by atoms with van der Waals surface area (Å²) >= 11 is 5.86. The SMILES string of the molecule is CCN(CC(=O)O)C1CC(NCc2cc(Cl)ccc2F)C1. The first-order valence-electron chi connectivity index (χ1n) is 7.12. The maximum absolute atomic E-state index is 13.6. The van der Waals surface area contributed by atoms with E-state index in [1.165, 1.54) is 12.1 Å². The fraction of sp³-hybridized carbons (Fsp3) is 0.533. The minimum atomic E-state index is -0.797. The van der Waals surface area contributed by atoms with E-state index in [0.717, 1.165) is 19.4 Å². The summed E-state index contributed by atoms with van der Waals surface area (Å²) in [5.41, 5.74) is 0.559. The van der Waals surface area contributed by atoms with Crippen LogP contribution in [0.15, 0.2) is 18.2 Å². The molecule has 1 aromatic carbocycles. The second-order valence-electron chi connectivity index (χ2n) is 5.40. The van der Waals surface area contributed by atoms with E-state index in [1.54, 1.807) is 6.07 Å². The van der Waals surface area contributed by atoms with Gasteiger partial charge in [-0.15, -0.1) is 0 Å². The molecule has 0 heterocycles. The summed E-state index contributed by atoms with van der Waals surface area (Å²) in [4.78, 5) is 12.7. The molecule has 1 aromatic rings. The van der Waals surface area contributed by atoms with Gasteiger partial charge in [-0.3, -0.25) is 9.69 Å². The zero-order valence-corrected chi connectivity index (χ0v) is 12.7. The number of carbonyl (C=O) groups is 1. The number of nitrogens with zero attached hydrogens (tertiary/aromatic N) is 1. The van der Waals surface area contributed by atoms with E-state index >= 15 is 0 Å². The summed E-state index contributed by atoms with van der Waals surface area (Å²) in [6.07, 6.45) is 1.78. The quantitative estimate of drug-likeness (QED) is 0.812. The van der Waals surface area contributed by atoms with Crippen molar-refractivity contribution < 1.29 is 14.3 Å². The van der Waals surface area contributed by atoms with Gasteiger partial charge in [0.05, 0.1) is 6.54 Å². The third-order valence-corrected chi connectivity index (χ3v) is 4.20. The molecule has 6 heteroatoms. The Kier molecular flexibility index (Phi) is 5.56. The molecule has 1 fully saturated rings. The normalized spacial score (nSPS) is 21.3. The van der Waals surface area contributed by atoms with Gasteiger partial charge in [0.2, 0.25) is 0 Å². The number of halogens is 2. The number of rotatable bonds is 7. The first kappa shape index (κ1) is 16.2. The van der Waals surface area contributed by atoms with Crippen LogP contribution in [0.3, 0.4) is 0 Å². The van der Waals surface area contributed by atoms with Crippen molar-refractivity contribution >= 4 is 17.6 Å². The Morgan fingerprint density at radius 2 is 2.24 bits per heavy atom. The highest BCUT2D eigenvalue weighted by Gasteiger charge is 2.33. The van der Waals surface area contributed by atoms with Crippen molar-refractivity contribution in [2.24, 2.45) is 0 Å². The number of aliphatic carboxylic acids is 1. The molecule has 2 N–H and O–H groups in total. The van der Waals surface area contributed by atoms with E-state index in [4.69, 9.17) is 16.7 Å². The molecule has 0 spiro atoms. The third-order valence-electron chi connectivity index (χ3n) is 3.96. The number of nitrogens with one attached hydrogen (secondary N) is 1. The van der Waals surface area contributed by atoms with Crippen LogP contribution in [0.25, 0.3) is 0 Å². The van der Waals surface area contributed by atoms with E-state index < -0.39 is 5.97 Å². The van der Waals surface area contributed by atoms with Gasteiger partial charge >= 0.3 is 5.97 Å². The first-order chi connectivity index (χ1) is 9.99. The van der Waals surface area contributed by atoms with Crippen molar-refractivity contribution in [3.8, 4) is 0 Å². The van der Waals surface area contributed by atoms with Crippen LogP contribution < -0.4 is 5.32 Å². The average Bonchev–Trinajstić information content (AvgIpc) is 2.38. The summed E-state index contributed by atoms with van der Waals surface area (Å²) in [6, 6.07) is 5.13. The van der Waals surface area contributed by atoms with Crippen LogP contribution in [0.1, 0.15) is 25.3 Å². The van der Waals surface area contributed by atoms with Crippen molar-refractivity contribution in [2.75, 3.05) is 13.1 Å². The standard InChI is InChI=1S/C15H20ClFN2O2/c1-2-19(9-15(20)21)13-6-12(7-13)18-8-10-5-11(16)3-4-14(10)17/h3-5,12-13,18H,2,6-9H2,1H3,(H,20,21). The van der Waals surface area contributed by atoms with Crippen LogP contribution in [0, 0.1) is 5.82 Å². The molecule has 1 aliphatic carbocycles. The summed E-state index contributed by atoms with van der Waals surface area (Å²) in [7, 11) is 0. The van der Waals surface area contributed by atoms with Gasteiger partial charge in [0.15, 0.2) is 0 Å². The number of hydrogen-bond acceptors (Lipinski definition) is 3. The van der Waals surface area contributed by atoms with Gasteiger partial charge in [-0.2, -0.15) is 0 Å². The van der Waals surface area contributed by atoms with E-state index in [1.807, 2.05) is 11.8 Å². The smallest absolute Gasteiger partial charge is 0.317 e. The number of carboxylic acids is 1. The zero-order chi connectivity index (χ0) is 15.4. The van der Waals surface area contributed by atoms with Crippen molar-refractivity contribution in [3.63, 3.8) is 0 Å².